The third kappa shape index (κ3) is 5.50. The highest BCUT2D eigenvalue weighted by molar-refractivity contribution is 5.58. The maximum atomic E-state index is 13.5. The van der Waals surface area contributed by atoms with Gasteiger partial charge >= 0.3 is 12.4 Å². The Kier molecular flexibility index (Phi) is 7.03. The van der Waals surface area contributed by atoms with Crippen molar-refractivity contribution in [2.75, 3.05) is 36.5 Å². The molecule has 1 aliphatic heterocycles. The van der Waals surface area contributed by atoms with E-state index in [0.717, 1.165) is 18.2 Å². The summed E-state index contributed by atoms with van der Waals surface area (Å²) in [5.41, 5.74) is -1.24. The largest absolute Gasteiger partial charge is 0.419 e. The molecule has 3 aromatic rings. The molecule has 3 heterocycles. The van der Waals surface area contributed by atoms with Crippen molar-refractivity contribution >= 4 is 11.8 Å². The lowest BCUT2D eigenvalue weighted by Crippen LogP contribution is -2.53. The molecule has 0 radical (unpaired) electrons. The molecule has 36 heavy (non-hydrogen) atoms. The summed E-state index contributed by atoms with van der Waals surface area (Å²) in [6.45, 7) is 2.60. The second kappa shape index (κ2) is 9.88. The van der Waals surface area contributed by atoms with E-state index in [4.69, 9.17) is 4.74 Å². The standard InChI is InChI=1S/C23H22F6N6O/c1-14-12-34(20-17(23(27,28)29)4-3-9-30-20)10-11-35(14)21-32-18(13-36-2)31-19(33-21)15-5-7-16(8-6-15)22(24,25)26/h3-9,14H,10-13H2,1-2H3/t14-/m1/s1. The Hall–Kier alpha value is -3.48. The van der Waals surface area contributed by atoms with E-state index in [1.165, 1.54) is 31.5 Å². The topological polar surface area (TPSA) is 67.3 Å². The highest BCUT2D eigenvalue weighted by Gasteiger charge is 2.37. The first kappa shape index (κ1) is 25.6. The monoisotopic (exact) mass is 512 g/mol. The first-order valence-electron chi connectivity index (χ1n) is 10.9. The molecule has 0 amide bonds. The molecule has 13 heteroatoms. The molecule has 0 aliphatic carbocycles. The molecule has 4 rings (SSSR count). The molecule has 0 bridgehead atoms. The van der Waals surface area contributed by atoms with E-state index < -0.39 is 23.5 Å². The molecule has 1 aliphatic rings. The second-order valence-corrected chi connectivity index (χ2v) is 8.24. The summed E-state index contributed by atoms with van der Waals surface area (Å²) in [7, 11) is 1.45. The van der Waals surface area contributed by atoms with Crippen molar-refractivity contribution in [3.05, 3.63) is 59.5 Å². The van der Waals surface area contributed by atoms with Gasteiger partial charge in [0.05, 0.1) is 11.1 Å². The van der Waals surface area contributed by atoms with Gasteiger partial charge in [-0.15, -0.1) is 0 Å². The van der Waals surface area contributed by atoms with Gasteiger partial charge in [0, 0.05) is 44.5 Å². The second-order valence-electron chi connectivity index (χ2n) is 8.24. The molecular formula is C23H22F6N6O. The lowest BCUT2D eigenvalue weighted by molar-refractivity contribution is -0.138. The summed E-state index contributed by atoms with van der Waals surface area (Å²) in [6, 6.07) is 6.39. The highest BCUT2D eigenvalue weighted by atomic mass is 19.4. The molecule has 1 aromatic carbocycles. The molecule has 1 saturated heterocycles. The third-order valence-electron chi connectivity index (χ3n) is 5.69. The number of aromatic nitrogens is 4. The number of methoxy groups -OCH3 is 1. The number of benzene rings is 1. The van der Waals surface area contributed by atoms with Crippen LogP contribution in [-0.4, -0.2) is 52.7 Å². The van der Waals surface area contributed by atoms with Gasteiger partial charge in [0.15, 0.2) is 11.6 Å². The van der Waals surface area contributed by atoms with E-state index in [2.05, 4.69) is 19.9 Å². The van der Waals surface area contributed by atoms with Crippen LogP contribution in [0.5, 0.6) is 0 Å². The van der Waals surface area contributed by atoms with E-state index in [1.807, 2.05) is 11.8 Å². The minimum absolute atomic E-state index is 0.0420. The van der Waals surface area contributed by atoms with Crippen molar-refractivity contribution < 1.29 is 31.1 Å². The predicted octanol–water partition coefficient (Wildman–Crippen LogP) is 4.83. The van der Waals surface area contributed by atoms with Crippen LogP contribution in [0.25, 0.3) is 11.4 Å². The van der Waals surface area contributed by atoms with Crippen LogP contribution in [0.1, 0.15) is 23.9 Å². The maximum absolute atomic E-state index is 13.5. The number of hydrogen-bond donors (Lipinski definition) is 0. The lowest BCUT2D eigenvalue weighted by atomic mass is 10.1. The number of pyridine rings is 1. The summed E-state index contributed by atoms with van der Waals surface area (Å²) >= 11 is 0. The van der Waals surface area contributed by atoms with Crippen LogP contribution in [-0.2, 0) is 23.7 Å². The quantitative estimate of drug-likeness (QED) is 0.454. The van der Waals surface area contributed by atoms with Crippen LogP contribution in [0.2, 0.25) is 0 Å². The fourth-order valence-corrected chi connectivity index (χ4v) is 3.98. The van der Waals surface area contributed by atoms with E-state index in [9.17, 15) is 26.3 Å². The van der Waals surface area contributed by atoms with Gasteiger partial charge < -0.3 is 14.5 Å². The van der Waals surface area contributed by atoms with Crippen molar-refractivity contribution in [2.45, 2.75) is 31.9 Å². The molecule has 2 aromatic heterocycles. The van der Waals surface area contributed by atoms with Crippen LogP contribution in [0.3, 0.4) is 0 Å². The minimum atomic E-state index is -4.54. The van der Waals surface area contributed by atoms with Crippen molar-refractivity contribution in [1.82, 2.24) is 19.9 Å². The third-order valence-corrected chi connectivity index (χ3v) is 5.69. The molecular weight excluding hydrogens is 490 g/mol. The summed E-state index contributed by atoms with van der Waals surface area (Å²) in [6.07, 6.45) is -7.69. The molecule has 7 nitrogen and oxygen atoms in total. The van der Waals surface area contributed by atoms with E-state index in [1.54, 1.807) is 4.90 Å². The number of anilines is 2. The fourth-order valence-electron chi connectivity index (χ4n) is 3.98. The summed E-state index contributed by atoms with van der Waals surface area (Å²) in [5.74, 6) is 0.560. The van der Waals surface area contributed by atoms with Gasteiger partial charge in [0.25, 0.3) is 0 Å². The Bertz CT molecular complexity index is 1200. The lowest BCUT2D eigenvalue weighted by Gasteiger charge is -2.41. The van der Waals surface area contributed by atoms with Gasteiger partial charge in [-0.3, -0.25) is 0 Å². The number of piperazine rings is 1. The van der Waals surface area contributed by atoms with Gasteiger partial charge in [0.2, 0.25) is 5.95 Å². The van der Waals surface area contributed by atoms with E-state index in [0.29, 0.717) is 5.56 Å². The smallest absolute Gasteiger partial charge is 0.377 e. The van der Waals surface area contributed by atoms with Crippen LogP contribution in [0, 0.1) is 0 Å². The molecule has 1 fully saturated rings. The number of alkyl halides is 6. The van der Waals surface area contributed by atoms with Crippen molar-refractivity contribution in [3.63, 3.8) is 0 Å². The SMILES string of the molecule is COCc1nc(-c2ccc(C(F)(F)F)cc2)nc(N2CCN(c3ncccc3C(F)(F)F)C[C@H]2C)n1. The van der Waals surface area contributed by atoms with E-state index >= 15 is 0 Å². The Balaban J connectivity index is 1.61. The number of rotatable bonds is 5. The zero-order valence-electron chi connectivity index (χ0n) is 19.3. The predicted molar refractivity (Wildman–Crippen MR) is 119 cm³/mol. The average molecular weight is 512 g/mol. The van der Waals surface area contributed by atoms with Crippen LogP contribution < -0.4 is 9.80 Å². The van der Waals surface area contributed by atoms with Gasteiger partial charge in [0.1, 0.15) is 12.4 Å². The molecule has 0 N–H and O–H groups in total. The van der Waals surface area contributed by atoms with Gasteiger partial charge in [-0.1, -0.05) is 12.1 Å². The molecule has 1 atom stereocenters. The zero-order chi connectivity index (χ0) is 26.1. The fraction of sp³-hybridized carbons (Fsp3) is 0.391. The van der Waals surface area contributed by atoms with Crippen molar-refractivity contribution in [1.29, 1.82) is 0 Å². The maximum Gasteiger partial charge on any atom is 0.419 e. The van der Waals surface area contributed by atoms with E-state index in [-0.39, 0.29) is 55.7 Å². The minimum Gasteiger partial charge on any atom is -0.377 e. The van der Waals surface area contributed by atoms with Gasteiger partial charge in [-0.25, -0.2) is 9.97 Å². The summed E-state index contributed by atoms with van der Waals surface area (Å²) in [4.78, 5) is 20.5. The number of nitrogens with zero attached hydrogens (tertiary/aromatic N) is 6. The van der Waals surface area contributed by atoms with Gasteiger partial charge in [-0.2, -0.15) is 36.3 Å². The summed E-state index contributed by atoms with van der Waals surface area (Å²) < 4.78 is 84.4. The first-order valence-corrected chi connectivity index (χ1v) is 10.9. The first-order chi connectivity index (χ1) is 17.0. The molecule has 192 valence electrons. The number of hydrogen-bond acceptors (Lipinski definition) is 7. The Morgan fingerprint density at radius 2 is 1.67 bits per heavy atom. The number of halogens is 6. The molecule has 0 saturated carbocycles. The number of ether oxygens (including phenoxy) is 1. The zero-order valence-corrected chi connectivity index (χ0v) is 19.3. The molecule has 0 unspecified atom stereocenters. The Morgan fingerprint density at radius 3 is 2.28 bits per heavy atom. The van der Waals surface area contributed by atoms with Gasteiger partial charge in [-0.05, 0) is 31.2 Å². The van der Waals surface area contributed by atoms with Crippen molar-refractivity contribution in [2.24, 2.45) is 0 Å². The van der Waals surface area contributed by atoms with Crippen molar-refractivity contribution in [3.8, 4) is 11.4 Å². The molecule has 0 spiro atoms. The highest BCUT2D eigenvalue weighted by Crippen LogP contribution is 2.36. The summed E-state index contributed by atoms with van der Waals surface area (Å²) in [5, 5.41) is 0. The average Bonchev–Trinajstić information content (AvgIpc) is 2.83. The normalized spacial score (nSPS) is 16.9. The van der Waals surface area contributed by atoms with Crippen LogP contribution in [0.15, 0.2) is 42.6 Å². The van der Waals surface area contributed by atoms with Crippen LogP contribution in [0.4, 0.5) is 38.1 Å². The van der Waals surface area contributed by atoms with Crippen LogP contribution >= 0.6 is 0 Å². The Morgan fingerprint density at radius 1 is 0.944 bits per heavy atom. The Labute approximate surface area is 202 Å².